The van der Waals surface area contributed by atoms with E-state index in [0.717, 1.165) is 12.8 Å². The minimum absolute atomic E-state index is 0.0474. The standard InChI is InChI=1S/C11H24N2O/c1-6-11(5,7-2)13-9(14)10(3,4)8-12/h6-8,12H2,1-5H3,(H,13,14). The number of rotatable bonds is 5. The van der Waals surface area contributed by atoms with Gasteiger partial charge in [-0.2, -0.15) is 0 Å². The van der Waals surface area contributed by atoms with Gasteiger partial charge in [-0.1, -0.05) is 13.8 Å². The molecule has 0 aromatic heterocycles. The molecule has 3 N–H and O–H groups in total. The number of carbonyl (C=O) groups excluding carboxylic acids is 1. The molecule has 0 radical (unpaired) electrons. The highest BCUT2D eigenvalue weighted by atomic mass is 16.2. The smallest absolute Gasteiger partial charge is 0.227 e. The highest BCUT2D eigenvalue weighted by molar-refractivity contribution is 5.82. The van der Waals surface area contributed by atoms with E-state index in [1.165, 1.54) is 0 Å². The molecule has 1 amide bonds. The van der Waals surface area contributed by atoms with Crippen molar-refractivity contribution in [2.75, 3.05) is 6.54 Å². The third-order valence-electron chi connectivity index (χ3n) is 3.10. The maximum atomic E-state index is 11.8. The first-order valence-electron chi connectivity index (χ1n) is 5.34. The molecule has 0 heterocycles. The van der Waals surface area contributed by atoms with Crippen molar-refractivity contribution in [2.24, 2.45) is 11.1 Å². The SMILES string of the molecule is CCC(C)(CC)NC(=O)C(C)(C)CN. The number of carbonyl (C=O) groups is 1. The maximum absolute atomic E-state index is 11.8. The number of amides is 1. The van der Waals surface area contributed by atoms with Gasteiger partial charge in [-0.25, -0.2) is 0 Å². The summed E-state index contributed by atoms with van der Waals surface area (Å²) in [7, 11) is 0. The normalized spacial score (nSPS) is 12.7. The lowest BCUT2D eigenvalue weighted by atomic mass is 9.88. The van der Waals surface area contributed by atoms with Crippen molar-refractivity contribution in [3.8, 4) is 0 Å². The number of hydrogen-bond donors (Lipinski definition) is 2. The van der Waals surface area contributed by atoms with Gasteiger partial charge in [-0.15, -0.1) is 0 Å². The first-order valence-corrected chi connectivity index (χ1v) is 5.34. The second-order valence-electron chi connectivity index (χ2n) is 4.81. The molecule has 84 valence electrons. The zero-order valence-corrected chi connectivity index (χ0v) is 10.1. The average molecular weight is 200 g/mol. The largest absolute Gasteiger partial charge is 0.350 e. The van der Waals surface area contributed by atoms with E-state index in [1.807, 2.05) is 13.8 Å². The van der Waals surface area contributed by atoms with Crippen LogP contribution in [0.3, 0.4) is 0 Å². The van der Waals surface area contributed by atoms with Crippen molar-refractivity contribution in [3.05, 3.63) is 0 Å². The van der Waals surface area contributed by atoms with Crippen molar-refractivity contribution in [1.29, 1.82) is 0 Å². The molecule has 0 saturated carbocycles. The van der Waals surface area contributed by atoms with E-state index in [-0.39, 0.29) is 11.4 Å². The molecule has 0 aliphatic heterocycles. The lowest BCUT2D eigenvalue weighted by Gasteiger charge is -2.32. The van der Waals surface area contributed by atoms with Crippen LogP contribution < -0.4 is 11.1 Å². The highest BCUT2D eigenvalue weighted by Crippen LogP contribution is 2.19. The van der Waals surface area contributed by atoms with Gasteiger partial charge in [0.05, 0.1) is 5.41 Å². The predicted molar refractivity (Wildman–Crippen MR) is 60.0 cm³/mol. The average Bonchev–Trinajstić information content (AvgIpc) is 2.17. The van der Waals surface area contributed by atoms with Gasteiger partial charge in [-0.05, 0) is 33.6 Å². The van der Waals surface area contributed by atoms with Crippen LogP contribution >= 0.6 is 0 Å². The van der Waals surface area contributed by atoms with Gasteiger partial charge in [0.15, 0.2) is 0 Å². The van der Waals surface area contributed by atoms with Crippen LogP contribution in [0.5, 0.6) is 0 Å². The van der Waals surface area contributed by atoms with E-state index in [1.54, 1.807) is 0 Å². The molecule has 0 rings (SSSR count). The van der Waals surface area contributed by atoms with Crippen LogP contribution in [0.2, 0.25) is 0 Å². The summed E-state index contributed by atoms with van der Waals surface area (Å²) in [4.78, 5) is 11.8. The quantitative estimate of drug-likeness (QED) is 0.709. The van der Waals surface area contributed by atoms with Gasteiger partial charge < -0.3 is 11.1 Å². The Labute approximate surface area is 87.4 Å². The Morgan fingerprint density at radius 1 is 1.21 bits per heavy atom. The Morgan fingerprint density at radius 2 is 1.64 bits per heavy atom. The second-order valence-corrected chi connectivity index (χ2v) is 4.81. The number of nitrogens with two attached hydrogens (primary N) is 1. The van der Waals surface area contributed by atoms with E-state index in [4.69, 9.17) is 5.73 Å². The topological polar surface area (TPSA) is 55.1 Å². The molecule has 0 aliphatic rings. The maximum Gasteiger partial charge on any atom is 0.227 e. The van der Waals surface area contributed by atoms with E-state index >= 15 is 0 Å². The van der Waals surface area contributed by atoms with Crippen LogP contribution in [0, 0.1) is 5.41 Å². The summed E-state index contributed by atoms with van der Waals surface area (Å²) in [5.41, 5.74) is 4.99. The van der Waals surface area contributed by atoms with Gasteiger partial charge >= 0.3 is 0 Å². The van der Waals surface area contributed by atoms with Crippen LogP contribution in [0.15, 0.2) is 0 Å². The molecular weight excluding hydrogens is 176 g/mol. The molecule has 0 fully saturated rings. The van der Waals surface area contributed by atoms with E-state index in [2.05, 4.69) is 26.1 Å². The van der Waals surface area contributed by atoms with Crippen LogP contribution in [0.4, 0.5) is 0 Å². The summed E-state index contributed by atoms with van der Waals surface area (Å²) in [5, 5.41) is 3.06. The lowest BCUT2D eigenvalue weighted by Crippen LogP contribution is -2.51. The molecule has 0 aromatic rings. The first-order chi connectivity index (χ1) is 6.31. The van der Waals surface area contributed by atoms with Crippen molar-refractivity contribution in [1.82, 2.24) is 5.32 Å². The first kappa shape index (κ1) is 13.4. The molecule has 14 heavy (non-hydrogen) atoms. The monoisotopic (exact) mass is 200 g/mol. The van der Waals surface area contributed by atoms with Crippen LogP contribution in [0.25, 0.3) is 0 Å². The van der Waals surface area contributed by atoms with Crippen LogP contribution in [-0.4, -0.2) is 18.0 Å². The zero-order chi connectivity index (χ0) is 11.4. The molecule has 3 heteroatoms. The summed E-state index contributed by atoms with van der Waals surface area (Å²) >= 11 is 0. The highest BCUT2D eigenvalue weighted by Gasteiger charge is 2.31. The third kappa shape index (κ3) is 3.29. The Morgan fingerprint density at radius 3 is 1.93 bits per heavy atom. The van der Waals surface area contributed by atoms with Gasteiger partial charge in [0.2, 0.25) is 5.91 Å². The van der Waals surface area contributed by atoms with E-state index in [0.29, 0.717) is 6.54 Å². The molecule has 0 spiro atoms. The van der Waals surface area contributed by atoms with Gasteiger partial charge in [0, 0.05) is 12.1 Å². The van der Waals surface area contributed by atoms with Crippen molar-refractivity contribution in [3.63, 3.8) is 0 Å². The molecule has 3 nitrogen and oxygen atoms in total. The molecule has 0 bridgehead atoms. The molecule has 0 atom stereocenters. The summed E-state index contributed by atoms with van der Waals surface area (Å²) in [6.45, 7) is 10.3. The van der Waals surface area contributed by atoms with Gasteiger partial charge in [0.25, 0.3) is 0 Å². The fourth-order valence-electron chi connectivity index (χ4n) is 0.963. The van der Waals surface area contributed by atoms with Crippen molar-refractivity contribution < 1.29 is 4.79 Å². The number of hydrogen-bond acceptors (Lipinski definition) is 2. The van der Waals surface area contributed by atoms with Gasteiger partial charge in [-0.3, -0.25) is 4.79 Å². The fraction of sp³-hybridized carbons (Fsp3) is 0.909. The Balaban J connectivity index is 4.45. The van der Waals surface area contributed by atoms with Crippen molar-refractivity contribution in [2.45, 2.75) is 53.0 Å². The third-order valence-corrected chi connectivity index (χ3v) is 3.10. The zero-order valence-electron chi connectivity index (χ0n) is 10.1. The Hall–Kier alpha value is -0.570. The van der Waals surface area contributed by atoms with Crippen molar-refractivity contribution >= 4 is 5.91 Å². The molecule has 0 aromatic carbocycles. The van der Waals surface area contributed by atoms with Gasteiger partial charge in [0.1, 0.15) is 0 Å². The minimum Gasteiger partial charge on any atom is -0.350 e. The number of nitrogens with one attached hydrogen (secondary N) is 1. The second kappa shape index (κ2) is 4.78. The summed E-state index contributed by atoms with van der Waals surface area (Å²) in [6.07, 6.45) is 1.88. The fourth-order valence-corrected chi connectivity index (χ4v) is 0.963. The minimum atomic E-state index is -0.467. The molecule has 0 unspecified atom stereocenters. The van der Waals surface area contributed by atoms with Crippen LogP contribution in [-0.2, 0) is 4.79 Å². The summed E-state index contributed by atoms with van der Waals surface area (Å²) < 4.78 is 0. The Bertz CT molecular complexity index is 195. The van der Waals surface area contributed by atoms with E-state index < -0.39 is 5.41 Å². The predicted octanol–water partition coefficient (Wildman–Crippen LogP) is 1.67. The molecule has 0 aliphatic carbocycles. The summed E-state index contributed by atoms with van der Waals surface area (Å²) in [5.74, 6) is 0.0474. The summed E-state index contributed by atoms with van der Waals surface area (Å²) in [6, 6.07) is 0. The van der Waals surface area contributed by atoms with Crippen LogP contribution in [0.1, 0.15) is 47.5 Å². The molecule has 0 saturated heterocycles. The lowest BCUT2D eigenvalue weighted by molar-refractivity contribution is -0.130. The molecular formula is C11H24N2O. The Kier molecular flexibility index (Phi) is 4.59. The van der Waals surface area contributed by atoms with E-state index in [9.17, 15) is 4.79 Å².